The average Bonchev–Trinajstić information content (AvgIpc) is 3.15. The summed E-state index contributed by atoms with van der Waals surface area (Å²) < 4.78 is 1.71. The van der Waals surface area contributed by atoms with Crippen LogP contribution in [0.4, 0.5) is 5.69 Å². The summed E-state index contributed by atoms with van der Waals surface area (Å²) in [5, 5.41) is 15.4. The summed E-state index contributed by atoms with van der Waals surface area (Å²) in [6, 6.07) is 9.07. The van der Waals surface area contributed by atoms with E-state index in [-0.39, 0.29) is 0 Å². The minimum Gasteiger partial charge on any atom is -0.382 e. The van der Waals surface area contributed by atoms with Gasteiger partial charge in [-0.2, -0.15) is 0 Å². The summed E-state index contributed by atoms with van der Waals surface area (Å²) in [7, 11) is 1.87. The first-order valence-electron chi connectivity index (χ1n) is 7.39. The minimum atomic E-state index is 0.654. The van der Waals surface area contributed by atoms with E-state index in [1.54, 1.807) is 4.68 Å². The lowest BCUT2D eigenvalue weighted by Gasteiger charge is -2.24. The lowest BCUT2D eigenvalue weighted by molar-refractivity contribution is 0.440. The summed E-state index contributed by atoms with van der Waals surface area (Å²) in [5.41, 5.74) is 2.24. The van der Waals surface area contributed by atoms with Gasteiger partial charge >= 0.3 is 0 Å². The Morgan fingerprint density at radius 2 is 2.20 bits per heavy atom. The predicted molar refractivity (Wildman–Crippen MR) is 77.1 cm³/mol. The number of tetrazole rings is 1. The zero-order valence-corrected chi connectivity index (χ0v) is 11.7. The van der Waals surface area contributed by atoms with Crippen molar-refractivity contribution in [2.75, 3.05) is 5.32 Å². The molecule has 4 rings (SSSR count). The first-order chi connectivity index (χ1) is 9.79. The summed E-state index contributed by atoms with van der Waals surface area (Å²) in [6.45, 7) is 0. The molecule has 1 aromatic heterocycles. The number of hydrogen-bond donors (Lipinski definition) is 1. The molecule has 2 aliphatic carbocycles. The van der Waals surface area contributed by atoms with Crippen molar-refractivity contribution < 1.29 is 0 Å². The zero-order chi connectivity index (χ0) is 13.5. The van der Waals surface area contributed by atoms with E-state index in [2.05, 4.69) is 45.1 Å². The van der Waals surface area contributed by atoms with Crippen molar-refractivity contribution in [3.63, 3.8) is 0 Å². The fourth-order valence-electron chi connectivity index (χ4n) is 3.86. The lowest BCUT2D eigenvalue weighted by atomic mass is 9.95. The Labute approximate surface area is 118 Å². The molecular weight excluding hydrogens is 250 g/mol. The van der Waals surface area contributed by atoms with Gasteiger partial charge in [0, 0.05) is 24.3 Å². The monoisotopic (exact) mass is 269 g/mol. The lowest BCUT2D eigenvalue weighted by Crippen LogP contribution is -2.25. The van der Waals surface area contributed by atoms with Crippen molar-refractivity contribution >= 4 is 5.69 Å². The molecule has 5 heteroatoms. The quantitative estimate of drug-likeness (QED) is 0.930. The predicted octanol–water partition coefficient (Wildman–Crippen LogP) is 2.48. The van der Waals surface area contributed by atoms with E-state index in [0.717, 1.165) is 23.2 Å². The van der Waals surface area contributed by atoms with Crippen LogP contribution in [0.25, 0.3) is 11.4 Å². The Morgan fingerprint density at radius 3 is 2.90 bits per heavy atom. The SMILES string of the molecule is Cn1nnnc1-c1cccc(NC2CC3CCC2C3)c1. The van der Waals surface area contributed by atoms with Crippen LogP contribution in [0, 0.1) is 11.8 Å². The van der Waals surface area contributed by atoms with Crippen LogP contribution in [-0.4, -0.2) is 26.2 Å². The molecule has 2 aromatic rings. The van der Waals surface area contributed by atoms with Crippen LogP contribution < -0.4 is 5.32 Å². The van der Waals surface area contributed by atoms with Gasteiger partial charge in [0.25, 0.3) is 0 Å². The molecule has 0 radical (unpaired) electrons. The molecule has 1 N–H and O–H groups in total. The molecule has 2 saturated carbocycles. The van der Waals surface area contributed by atoms with Crippen molar-refractivity contribution in [1.29, 1.82) is 0 Å². The van der Waals surface area contributed by atoms with Crippen LogP contribution >= 0.6 is 0 Å². The van der Waals surface area contributed by atoms with Crippen molar-refractivity contribution in [2.45, 2.75) is 31.7 Å². The highest BCUT2D eigenvalue weighted by Gasteiger charge is 2.39. The summed E-state index contributed by atoms with van der Waals surface area (Å²) in [5.74, 6) is 2.64. The molecule has 104 valence electrons. The standard InChI is InChI=1S/C15H19N5/c1-20-15(17-18-19-20)12-3-2-4-13(9-12)16-14-8-10-5-6-11(14)7-10/h2-4,9-11,14,16H,5-8H2,1H3. The molecule has 2 fully saturated rings. The van der Waals surface area contributed by atoms with Crippen LogP contribution in [0.1, 0.15) is 25.7 Å². The number of anilines is 1. The Hall–Kier alpha value is -1.91. The Bertz CT molecular complexity index is 620. The molecular formula is C15H19N5. The van der Waals surface area contributed by atoms with E-state index in [1.807, 2.05) is 7.05 Å². The molecule has 3 unspecified atom stereocenters. The number of nitrogens with one attached hydrogen (secondary N) is 1. The average molecular weight is 269 g/mol. The van der Waals surface area contributed by atoms with Gasteiger partial charge in [-0.05, 0) is 53.7 Å². The van der Waals surface area contributed by atoms with Gasteiger partial charge < -0.3 is 5.32 Å². The largest absolute Gasteiger partial charge is 0.382 e. The van der Waals surface area contributed by atoms with Crippen LogP contribution in [0.2, 0.25) is 0 Å². The van der Waals surface area contributed by atoms with E-state index in [0.29, 0.717) is 6.04 Å². The maximum absolute atomic E-state index is 4.07. The van der Waals surface area contributed by atoms with E-state index in [4.69, 9.17) is 0 Å². The Kier molecular flexibility index (Phi) is 2.72. The number of fused-ring (bicyclic) bond motifs is 2. The van der Waals surface area contributed by atoms with E-state index in [9.17, 15) is 0 Å². The van der Waals surface area contributed by atoms with Crippen molar-refractivity contribution in [1.82, 2.24) is 20.2 Å². The number of aromatic nitrogens is 4. The zero-order valence-electron chi connectivity index (χ0n) is 11.7. The second-order valence-corrected chi connectivity index (χ2v) is 6.13. The van der Waals surface area contributed by atoms with Gasteiger partial charge in [0.1, 0.15) is 0 Å². The molecule has 1 heterocycles. The van der Waals surface area contributed by atoms with Gasteiger partial charge in [0.2, 0.25) is 0 Å². The van der Waals surface area contributed by atoms with Gasteiger partial charge in [-0.25, -0.2) is 4.68 Å². The third kappa shape index (κ3) is 1.97. The molecule has 0 spiro atoms. The van der Waals surface area contributed by atoms with E-state index >= 15 is 0 Å². The molecule has 0 aliphatic heterocycles. The number of rotatable bonds is 3. The third-order valence-corrected chi connectivity index (χ3v) is 4.83. The number of nitrogens with zero attached hydrogens (tertiary/aromatic N) is 4. The van der Waals surface area contributed by atoms with Gasteiger partial charge in [-0.3, -0.25) is 0 Å². The molecule has 20 heavy (non-hydrogen) atoms. The summed E-state index contributed by atoms with van der Waals surface area (Å²) in [4.78, 5) is 0. The topological polar surface area (TPSA) is 55.6 Å². The molecule has 0 amide bonds. The van der Waals surface area contributed by atoms with Crippen molar-refractivity contribution in [3.05, 3.63) is 24.3 Å². The van der Waals surface area contributed by atoms with Gasteiger partial charge in [0.15, 0.2) is 5.82 Å². The van der Waals surface area contributed by atoms with Crippen LogP contribution in [0.15, 0.2) is 24.3 Å². The molecule has 5 nitrogen and oxygen atoms in total. The Morgan fingerprint density at radius 1 is 1.25 bits per heavy atom. The summed E-state index contributed by atoms with van der Waals surface area (Å²) in [6.07, 6.45) is 5.59. The van der Waals surface area contributed by atoms with E-state index < -0.39 is 0 Å². The molecule has 0 saturated heterocycles. The van der Waals surface area contributed by atoms with Crippen LogP contribution in [0.3, 0.4) is 0 Å². The minimum absolute atomic E-state index is 0.654. The molecule has 2 bridgehead atoms. The highest BCUT2D eigenvalue weighted by atomic mass is 15.5. The maximum atomic E-state index is 4.07. The second-order valence-electron chi connectivity index (χ2n) is 6.13. The smallest absolute Gasteiger partial charge is 0.181 e. The van der Waals surface area contributed by atoms with Crippen molar-refractivity contribution in [3.8, 4) is 11.4 Å². The fourth-order valence-corrected chi connectivity index (χ4v) is 3.86. The number of benzene rings is 1. The highest BCUT2D eigenvalue weighted by Crippen LogP contribution is 2.45. The molecule has 3 atom stereocenters. The first-order valence-corrected chi connectivity index (χ1v) is 7.39. The van der Waals surface area contributed by atoms with Gasteiger partial charge in [-0.15, -0.1) is 5.10 Å². The number of aryl methyl sites for hydroxylation is 1. The number of hydrogen-bond acceptors (Lipinski definition) is 4. The maximum Gasteiger partial charge on any atom is 0.181 e. The highest BCUT2D eigenvalue weighted by molar-refractivity contribution is 5.62. The van der Waals surface area contributed by atoms with Gasteiger partial charge in [-0.1, -0.05) is 18.6 Å². The van der Waals surface area contributed by atoms with E-state index in [1.165, 1.54) is 31.4 Å². The third-order valence-electron chi connectivity index (χ3n) is 4.83. The van der Waals surface area contributed by atoms with Gasteiger partial charge in [0.05, 0.1) is 0 Å². The molecule has 1 aromatic carbocycles. The fraction of sp³-hybridized carbons (Fsp3) is 0.533. The molecule has 2 aliphatic rings. The van der Waals surface area contributed by atoms with Crippen LogP contribution in [0.5, 0.6) is 0 Å². The summed E-state index contributed by atoms with van der Waals surface area (Å²) >= 11 is 0. The Balaban J connectivity index is 1.56. The second kappa shape index (κ2) is 4.58. The van der Waals surface area contributed by atoms with Crippen molar-refractivity contribution in [2.24, 2.45) is 18.9 Å². The first kappa shape index (κ1) is 11.9. The van der Waals surface area contributed by atoms with Crippen LogP contribution in [-0.2, 0) is 7.05 Å². The normalized spacial score (nSPS) is 27.9.